The van der Waals surface area contributed by atoms with Crippen molar-refractivity contribution >= 4 is 5.97 Å². The van der Waals surface area contributed by atoms with Gasteiger partial charge in [-0.15, -0.1) is 5.10 Å². The maximum absolute atomic E-state index is 13.3. The fourth-order valence-corrected chi connectivity index (χ4v) is 1.48. The molecule has 1 aromatic heterocycles. The summed E-state index contributed by atoms with van der Waals surface area (Å²) in [6.45, 7) is -0.0655. The van der Waals surface area contributed by atoms with Gasteiger partial charge in [-0.1, -0.05) is 18.2 Å². The molecule has 6 heteroatoms. The zero-order chi connectivity index (χ0) is 13.1. The minimum atomic E-state index is -1.13. The van der Waals surface area contributed by atoms with Crippen molar-refractivity contribution in [1.82, 2.24) is 9.78 Å². The van der Waals surface area contributed by atoms with E-state index in [1.807, 2.05) is 0 Å². The highest BCUT2D eigenvalue weighted by Gasteiger charge is 2.16. The highest BCUT2D eigenvalue weighted by atomic mass is 19.1. The molecule has 5 nitrogen and oxygen atoms in total. The summed E-state index contributed by atoms with van der Waals surface area (Å²) in [5, 5.41) is 12.8. The summed E-state index contributed by atoms with van der Waals surface area (Å²) in [5.41, 5.74) is 0.299. The van der Waals surface area contributed by atoms with E-state index in [1.165, 1.54) is 16.9 Å². The molecule has 0 radical (unpaired) electrons. The van der Waals surface area contributed by atoms with Crippen molar-refractivity contribution in [1.29, 1.82) is 0 Å². The van der Waals surface area contributed by atoms with E-state index < -0.39 is 11.8 Å². The number of carbonyl (C=O) groups is 1. The van der Waals surface area contributed by atoms with E-state index in [0.29, 0.717) is 5.56 Å². The van der Waals surface area contributed by atoms with Crippen LogP contribution in [-0.2, 0) is 13.7 Å². The third-order valence-corrected chi connectivity index (χ3v) is 2.35. The fraction of sp³-hybridized carbons (Fsp3) is 0.167. The molecule has 1 aromatic carbocycles. The van der Waals surface area contributed by atoms with E-state index in [0.717, 1.165) is 0 Å². The number of hydrogen-bond acceptors (Lipinski definition) is 3. The lowest BCUT2D eigenvalue weighted by Crippen LogP contribution is -2.03. The lowest BCUT2D eigenvalue weighted by atomic mass is 10.2. The maximum atomic E-state index is 13.3. The van der Waals surface area contributed by atoms with Crippen LogP contribution >= 0.6 is 0 Å². The Morgan fingerprint density at radius 1 is 1.50 bits per heavy atom. The van der Waals surface area contributed by atoms with Crippen molar-refractivity contribution < 1.29 is 19.0 Å². The van der Waals surface area contributed by atoms with Crippen LogP contribution in [0.15, 0.2) is 30.5 Å². The van der Waals surface area contributed by atoms with Gasteiger partial charge in [-0.25, -0.2) is 9.18 Å². The lowest BCUT2D eigenvalue weighted by Gasteiger charge is -2.04. The van der Waals surface area contributed by atoms with Gasteiger partial charge in [-0.2, -0.15) is 0 Å². The number of ether oxygens (including phenoxy) is 1. The van der Waals surface area contributed by atoms with Crippen LogP contribution < -0.4 is 4.74 Å². The smallest absolute Gasteiger partial charge is 0.342 e. The van der Waals surface area contributed by atoms with Gasteiger partial charge in [0, 0.05) is 18.8 Å². The molecule has 1 heterocycles. The second-order valence-corrected chi connectivity index (χ2v) is 3.71. The summed E-state index contributed by atoms with van der Waals surface area (Å²) in [7, 11) is 1.59. The standard InChI is InChI=1S/C12H11FN2O3/c1-15-6-9(12(16)17)11(14-15)18-7-8-4-2-3-5-10(8)13/h2-6H,7H2,1H3,(H,16,17). The van der Waals surface area contributed by atoms with Crippen LogP contribution in [0.1, 0.15) is 15.9 Å². The predicted octanol–water partition coefficient (Wildman–Crippen LogP) is 1.84. The summed E-state index contributed by atoms with van der Waals surface area (Å²) in [6, 6.07) is 6.13. The Bertz CT molecular complexity index is 580. The molecule has 18 heavy (non-hydrogen) atoms. The Kier molecular flexibility index (Phi) is 3.27. The number of hydrogen-bond donors (Lipinski definition) is 1. The topological polar surface area (TPSA) is 64.4 Å². The van der Waals surface area contributed by atoms with E-state index >= 15 is 0 Å². The van der Waals surface area contributed by atoms with Gasteiger partial charge < -0.3 is 9.84 Å². The number of carboxylic acids is 1. The van der Waals surface area contributed by atoms with Gasteiger partial charge >= 0.3 is 5.97 Å². The van der Waals surface area contributed by atoms with Gasteiger partial charge in [-0.3, -0.25) is 4.68 Å². The first-order chi connectivity index (χ1) is 8.58. The molecule has 94 valence electrons. The van der Waals surface area contributed by atoms with Gasteiger partial charge in [0.05, 0.1) is 0 Å². The Balaban J connectivity index is 2.16. The summed E-state index contributed by atoms with van der Waals surface area (Å²) in [4.78, 5) is 10.9. The summed E-state index contributed by atoms with van der Waals surface area (Å²) < 4.78 is 19.9. The molecule has 2 rings (SSSR count). The molecular formula is C12H11FN2O3. The molecule has 0 unspecified atom stereocenters. The second-order valence-electron chi connectivity index (χ2n) is 3.71. The minimum absolute atomic E-state index is 0.0201. The minimum Gasteiger partial charge on any atom is -0.477 e. The van der Waals surface area contributed by atoms with Gasteiger partial charge in [0.15, 0.2) is 0 Å². The van der Waals surface area contributed by atoms with Crippen LogP contribution in [0.4, 0.5) is 4.39 Å². The number of rotatable bonds is 4. The van der Waals surface area contributed by atoms with Crippen LogP contribution in [-0.4, -0.2) is 20.9 Å². The van der Waals surface area contributed by atoms with Crippen molar-refractivity contribution in [3.63, 3.8) is 0 Å². The number of carboxylic acid groups (broad SMARTS) is 1. The molecule has 0 aliphatic carbocycles. The monoisotopic (exact) mass is 250 g/mol. The van der Waals surface area contributed by atoms with Crippen molar-refractivity contribution in [3.8, 4) is 5.88 Å². The average Bonchev–Trinajstić information content (AvgIpc) is 2.70. The Morgan fingerprint density at radius 2 is 2.22 bits per heavy atom. The quantitative estimate of drug-likeness (QED) is 0.899. The molecule has 0 amide bonds. The number of aromatic carboxylic acids is 1. The van der Waals surface area contributed by atoms with Crippen LogP contribution in [0, 0.1) is 5.82 Å². The maximum Gasteiger partial charge on any atom is 0.342 e. The molecule has 0 saturated heterocycles. The Hall–Kier alpha value is -2.37. The molecule has 0 fully saturated rings. The van der Waals surface area contributed by atoms with Crippen molar-refractivity contribution in [2.45, 2.75) is 6.61 Å². The Labute approximate surface area is 102 Å². The van der Waals surface area contributed by atoms with E-state index in [9.17, 15) is 9.18 Å². The molecule has 0 spiro atoms. The SMILES string of the molecule is Cn1cc(C(=O)O)c(OCc2ccccc2F)n1. The van der Waals surface area contributed by atoms with E-state index in [2.05, 4.69) is 5.10 Å². The number of nitrogens with zero attached hydrogens (tertiary/aromatic N) is 2. The predicted molar refractivity (Wildman–Crippen MR) is 60.9 cm³/mol. The van der Waals surface area contributed by atoms with Gasteiger partial charge in [0.1, 0.15) is 18.0 Å². The van der Waals surface area contributed by atoms with Crippen molar-refractivity contribution in [2.24, 2.45) is 7.05 Å². The van der Waals surface area contributed by atoms with E-state index in [4.69, 9.17) is 9.84 Å². The van der Waals surface area contributed by atoms with Crippen molar-refractivity contribution in [3.05, 3.63) is 47.4 Å². The van der Waals surface area contributed by atoms with Crippen LogP contribution in [0.25, 0.3) is 0 Å². The number of aryl methyl sites for hydroxylation is 1. The average molecular weight is 250 g/mol. The van der Waals surface area contributed by atoms with Crippen LogP contribution in [0.2, 0.25) is 0 Å². The number of benzene rings is 1. The van der Waals surface area contributed by atoms with Crippen molar-refractivity contribution in [2.75, 3.05) is 0 Å². The normalized spacial score (nSPS) is 10.3. The van der Waals surface area contributed by atoms with Crippen LogP contribution in [0.3, 0.4) is 0 Å². The van der Waals surface area contributed by atoms with Gasteiger partial charge in [0.2, 0.25) is 5.88 Å². The third-order valence-electron chi connectivity index (χ3n) is 2.35. The van der Waals surface area contributed by atoms with Gasteiger partial charge in [0.25, 0.3) is 0 Å². The second kappa shape index (κ2) is 4.87. The van der Waals surface area contributed by atoms with Gasteiger partial charge in [-0.05, 0) is 6.07 Å². The highest BCUT2D eigenvalue weighted by molar-refractivity contribution is 5.89. The van der Waals surface area contributed by atoms with E-state index in [-0.39, 0.29) is 18.1 Å². The molecule has 2 aromatic rings. The summed E-state index contributed by atoms with van der Waals surface area (Å²) >= 11 is 0. The number of aromatic nitrogens is 2. The third kappa shape index (κ3) is 2.48. The first kappa shape index (κ1) is 12.1. The van der Waals surface area contributed by atoms with Crippen LogP contribution in [0.5, 0.6) is 5.88 Å². The first-order valence-electron chi connectivity index (χ1n) is 5.21. The fourth-order valence-electron chi connectivity index (χ4n) is 1.48. The molecule has 0 atom stereocenters. The zero-order valence-electron chi connectivity index (χ0n) is 9.63. The molecule has 0 bridgehead atoms. The van der Waals surface area contributed by atoms with E-state index in [1.54, 1.807) is 25.2 Å². The highest BCUT2D eigenvalue weighted by Crippen LogP contribution is 2.17. The summed E-state index contributed by atoms with van der Waals surface area (Å²) in [6.07, 6.45) is 1.33. The molecule has 0 aliphatic rings. The summed E-state index contributed by atoms with van der Waals surface area (Å²) in [5.74, 6) is -1.55. The largest absolute Gasteiger partial charge is 0.477 e. The number of halogens is 1. The zero-order valence-corrected chi connectivity index (χ0v) is 9.63. The molecule has 0 saturated carbocycles. The molecule has 1 N–H and O–H groups in total. The molecule has 0 aliphatic heterocycles. The first-order valence-corrected chi connectivity index (χ1v) is 5.21. The molecular weight excluding hydrogens is 239 g/mol. The Morgan fingerprint density at radius 3 is 2.89 bits per heavy atom. The lowest BCUT2D eigenvalue weighted by molar-refractivity contribution is 0.0691.